The maximum absolute atomic E-state index is 10.2. The van der Waals surface area contributed by atoms with E-state index in [1.807, 2.05) is 31.2 Å². The lowest BCUT2D eigenvalue weighted by atomic mass is 10.2. The molecule has 1 saturated carbocycles. The first-order valence-electron chi connectivity index (χ1n) is 5.02. The maximum Gasteiger partial charge on any atom is 0.148 e. The number of para-hydroxylation sites is 1. The summed E-state index contributed by atoms with van der Waals surface area (Å²) in [5.74, 6) is 0.994. The Morgan fingerprint density at radius 2 is 2.27 bits per heavy atom. The summed E-state index contributed by atoms with van der Waals surface area (Å²) in [5, 5.41) is 11.2. The van der Waals surface area contributed by atoms with E-state index in [9.17, 15) is 5.11 Å². The summed E-state index contributed by atoms with van der Waals surface area (Å²) in [6.45, 7) is 2.03. The Hall–Kier alpha value is -0.800. The highest BCUT2D eigenvalue weighted by Gasteiger charge is 2.53. The summed E-state index contributed by atoms with van der Waals surface area (Å²) in [6, 6.07) is 7.83. The Morgan fingerprint density at radius 3 is 2.87 bits per heavy atom. The molecule has 2 atom stereocenters. The molecular formula is C12H11BrO2. The third-order valence-corrected chi connectivity index (χ3v) is 3.82. The number of aliphatic hydroxyl groups is 1. The van der Waals surface area contributed by atoms with Gasteiger partial charge in [0, 0.05) is 5.39 Å². The fourth-order valence-electron chi connectivity index (χ4n) is 1.99. The van der Waals surface area contributed by atoms with Crippen LogP contribution < -0.4 is 0 Å². The molecule has 3 heteroatoms. The monoisotopic (exact) mass is 266 g/mol. The summed E-state index contributed by atoms with van der Waals surface area (Å²) in [5.41, 5.74) is 0.0957. The molecule has 1 aromatic heterocycles. The first kappa shape index (κ1) is 9.43. The first-order chi connectivity index (χ1) is 7.11. The van der Waals surface area contributed by atoms with Crippen molar-refractivity contribution >= 4 is 26.9 Å². The molecule has 78 valence electrons. The van der Waals surface area contributed by atoms with Gasteiger partial charge in [-0.1, -0.05) is 19.1 Å². The van der Waals surface area contributed by atoms with E-state index in [1.165, 1.54) is 0 Å². The highest BCUT2D eigenvalue weighted by Crippen LogP contribution is 2.52. The number of furan rings is 1. The molecule has 1 fully saturated rings. The van der Waals surface area contributed by atoms with Gasteiger partial charge in [-0.3, -0.25) is 0 Å². The second kappa shape index (κ2) is 2.86. The predicted molar refractivity (Wildman–Crippen MR) is 61.6 cm³/mol. The Balaban J connectivity index is 2.19. The number of fused-ring (bicyclic) bond motifs is 1. The van der Waals surface area contributed by atoms with E-state index in [4.69, 9.17) is 4.42 Å². The molecule has 1 heterocycles. The molecule has 0 radical (unpaired) electrons. The van der Waals surface area contributed by atoms with Crippen LogP contribution in [0, 0.1) is 5.92 Å². The second-order valence-corrected chi connectivity index (χ2v) is 5.15. The van der Waals surface area contributed by atoms with Crippen LogP contribution in [0.4, 0.5) is 0 Å². The minimum absolute atomic E-state index is 0.303. The molecule has 1 aliphatic rings. The zero-order valence-electron chi connectivity index (χ0n) is 8.33. The minimum Gasteiger partial charge on any atom is -0.457 e. The summed E-state index contributed by atoms with van der Waals surface area (Å²) < 4.78 is 6.63. The largest absolute Gasteiger partial charge is 0.457 e. The molecule has 2 unspecified atom stereocenters. The number of rotatable bonds is 1. The minimum atomic E-state index is -0.724. The average molecular weight is 267 g/mol. The van der Waals surface area contributed by atoms with Gasteiger partial charge in [-0.2, -0.15) is 0 Å². The normalized spacial score (nSPS) is 29.7. The van der Waals surface area contributed by atoms with Crippen LogP contribution >= 0.6 is 15.9 Å². The van der Waals surface area contributed by atoms with Crippen LogP contribution in [-0.4, -0.2) is 5.11 Å². The molecule has 0 aliphatic heterocycles. The van der Waals surface area contributed by atoms with Gasteiger partial charge in [0.1, 0.15) is 16.9 Å². The Morgan fingerprint density at radius 1 is 1.53 bits per heavy atom. The quantitative estimate of drug-likeness (QED) is 0.858. The number of hydrogen-bond donors (Lipinski definition) is 1. The Bertz CT molecular complexity index is 531. The molecule has 2 aromatic rings. The molecule has 3 rings (SSSR count). The fraction of sp³-hybridized carbons (Fsp3) is 0.333. The van der Waals surface area contributed by atoms with Crippen molar-refractivity contribution in [1.29, 1.82) is 0 Å². The highest BCUT2D eigenvalue weighted by molar-refractivity contribution is 9.10. The van der Waals surface area contributed by atoms with E-state index >= 15 is 0 Å². The van der Waals surface area contributed by atoms with Crippen LogP contribution in [0.15, 0.2) is 33.2 Å². The van der Waals surface area contributed by atoms with Gasteiger partial charge in [-0.15, -0.1) is 0 Å². The third-order valence-electron chi connectivity index (χ3n) is 3.20. The van der Waals surface area contributed by atoms with Crippen molar-refractivity contribution in [2.24, 2.45) is 5.92 Å². The lowest BCUT2D eigenvalue weighted by Gasteiger charge is -2.03. The van der Waals surface area contributed by atoms with Gasteiger partial charge in [0.15, 0.2) is 0 Å². The highest BCUT2D eigenvalue weighted by atomic mass is 79.9. The van der Waals surface area contributed by atoms with Gasteiger partial charge in [0.05, 0.1) is 4.47 Å². The molecule has 0 amide bonds. The topological polar surface area (TPSA) is 33.4 Å². The van der Waals surface area contributed by atoms with Crippen molar-refractivity contribution < 1.29 is 9.52 Å². The van der Waals surface area contributed by atoms with Crippen LogP contribution in [0.5, 0.6) is 0 Å². The van der Waals surface area contributed by atoms with E-state index < -0.39 is 5.60 Å². The molecule has 0 bridgehead atoms. The Kier molecular flexibility index (Phi) is 1.80. The van der Waals surface area contributed by atoms with Crippen molar-refractivity contribution in [1.82, 2.24) is 0 Å². The Labute approximate surface area is 96.0 Å². The van der Waals surface area contributed by atoms with E-state index in [-0.39, 0.29) is 0 Å². The van der Waals surface area contributed by atoms with Crippen LogP contribution in [0.1, 0.15) is 19.1 Å². The van der Waals surface area contributed by atoms with Gasteiger partial charge in [-0.25, -0.2) is 0 Å². The molecule has 15 heavy (non-hydrogen) atoms. The molecular weight excluding hydrogens is 256 g/mol. The first-order valence-corrected chi connectivity index (χ1v) is 5.81. The van der Waals surface area contributed by atoms with Crippen LogP contribution in [0.3, 0.4) is 0 Å². The van der Waals surface area contributed by atoms with Crippen molar-refractivity contribution in [3.05, 3.63) is 34.5 Å². The lowest BCUT2D eigenvalue weighted by Crippen LogP contribution is -2.05. The van der Waals surface area contributed by atoms with Gasteiger partial charge in [0.25, 0.3) is 0 Å². The van der Waals surface area contributed by atoms with Crippen LogP contribution in [-0.2, 0) is 5.60 Å². The summed E-state index contributed by atoms with van der Waals surface area (Å²) in [4.78, 5) is 0. The molecule has 1 N–H and O–H groups in total. The van der Waals surface area contributed by atoms with Gasteiger partial charge < -0.3 is 9.52 Å². The summed E-state index contributed by atoms with van der Waals surface area (Å²) >= 11 is 3.44. The van der Waals surface area contributed by atoms with Gasteiger partial charge in [-0.05, 0) is 40.4 Å². The lowest BCUT2D eigenvalue weighted by molar-refractivity contribution is 0.110. The summed E-state index contributed by atoms with van der Waals surface area (Å²) in [6.07, 6.45) is 0.796. The van der Waals surface area contributed by atoms with Crippen molar-refractivity contribution in [2.45, 2.75) is 18.9 Å². The van der Waals surface area contributed by atoms with E-state index in [0.717, 1.165) is 21.9 Å². The fourth-order valence-corrected chi connectivity index (χ4v) is 2.45. The number of halogens is 1. The zero-order valence-corrected chi connectivity index (χ0v) is 9.91. The van der Waals surface area contributed by atoms with E-state index in [1.54, 1.807) is 0 Å². The smallest absolute Gasteiger partial charge is 0.148 e. The van der Waals surface area contributed by atoms with Crippen molar-refractivity contribution in [3.63, 3.8) is 0 Å². The molecule has 1 aliphatic carbocycles. The maximum atomic E-state index is 10.2. The molecule has 1 aromatic carbocycles. The predicted octanol–water partition coefficient (Wildman–Crippen LogP) is 3.42. The zero-order chi connectivity index (χ0) is 10.6. The molecule has 0 spiro atoms. The summed E-state index contributed by atoms with van der Waals surface area (Å²) in [7, 11) is 0. The van der Waals surface area contributed by atoms with E-state index in [0.29, 0.717) is 11.7 Å². The van der Waals surface area contributed by atoms with Crippen molar-refractivity contribution in [2.75, 3.05) is 0 Å². The average Bonchev–Trinajstić information content (AvgIpc) is 2.66. The molecule has 2 nitrogen and oxygen atoms in total. The van der Waals surface area contributed by atoms with Crippen LogP contribution in [0.2, 0.25) is 0 Å². The van der Waals surface area contributed by atoms with Crippen LogP contribution in [0.25, 0.3) is 11.0 Å². The number of benzene rings is 1. The van der Waals surface area contributed by atoms with Gasteiger partial charge in [0.2, 0.25) is 0 Å². The standard InChI is InChI=1S/C12H11BrO2/c1-7-6-12(7,14)10-5-8-3-2-4-9(13)11(8)15-10/h2-5,7,14H,6H2,1H3. The second-order valence-electron chi connectivity index (χ2n) is 4.30. The van der Waals surface area contributed by atoms with Crippen molar-refractivity contribution in [3.8, 4) is 0 Å². The van der Waals surface area contributed by atoms with Gasteiger partial charge >= 0.3 is 0 Å². The SMILES string of the molecule is CC1CC1(O)c1cc2cccc(Br)c2o1. The third kappa shape index (κ3) is 1.26. The molecule has 0 saturated heterocycles. The van der Waals surface area contributed by atoms with E-state index in [2.05, 4.69) is 15.9 Å². The number of hydrogen-bond acceptors (Lipinski definition) is 2.